The molecule has 9 rings (SSSR count). The Morgan fingerprint density at radius 2 is 0.557 bits per heavy atom. The molecule has 0 spiro atoms. The summed E-state index contributed by atoms with van der Waals surface area (Å²) in [6.07, 6.45) is 5.45. The maximum Gasteiger partial charge on any atom is 0.647 e. The van der Waals surface area contributed by atoms with E-state index in [1.807, 2.05) is 6.07 Å². The molecule has 9 aromatic carbocycles. The van der Waals surface area contributed by atoms with Crippen molar-refractivity contribution in [2.75, 3.05) is 0 Å². The Labute approximate surface area is 460 Å². The number of phosphoric acid groups is 2. The maximum atomic E-state index is 17.0. The van der Waals surface area contributed by atoms with E-state index in [1.165, 1.54) is 0 Å². The Kier molecular flexibility index (Phi) is 17.7. The van der Waals surface area contributed by atoms with Gasteiger partial charge in [-0.2, -0.15) is 9.13 Å². The number of benzene rings is 9. The first-order chi connectivity index (χ1) is 38.4. The fraction of sp³-hybridized carbons (Fsp3) is 0.0476. The highest BCUT2D eigenvalue weighted by atomic mass is 31.2. The van der Waals surface area contributed by atoms with Gasteiger partial charge >= 0.3 is 23.2 Å². The standard InChI is InChI=1S/C63H54O12P4/c1-4-25-49-46-58(40-43-61(49)73-77(65,57-38-23-12-24-39-57)68-52-28-13-7-14-29-52)76(64,59-41-44-62(50(47-59)26-5-2)74-78(66,69-53-30-15-8-16-31-53)70-54-32-17-9-18-33-54)60-42-45-63(51(48-60)27-6-3)75-79(67,71-55-34-19-10-20-35-55)72-56-36-21-11-22-37-56/h4-24,28-48H,1-3,25-27H2. The number of rotatable bonds is 26. The fourth-order valence-electron chi connectivity index (χ4n) is 8.22. The smallest absolute Gasteiger partial charge is 0.413 e. The van der Waals surface area contributed by atoms with Crippen molar-refractivity contribution in [2.24, 2.45) is 0 Å². The lowest BCUT2D eigenvalue weighted by molar-refractivity contribution is 0.296. The zero-order valence-electron chi connectivity index (χ0n) is 42.7. The van der Waals surface area contributed by atoms with Gasteiger partial charge in [-0.15, -0.1) is 19.7 Å². The molecule has 16 heteroatoms. The molecule has 0 heterocycles. The number of phosphoric ester groups is 2. The van der Waals surface area contributed by atoms with E-state index in [1.54, 1.807) is 249 Å². The van der Waals surface area contributed by atoms with Gasteiger partial charge in [0.25, 0.3) is 0 Å². The van der Waals surface area contributed by atoms with E-state index in [0.717, 1.165) is 0 Å². The Hall–Kier alpha value is -8.48. The van der Waals surface area contributed by atoms with E-state index in [9.17, 15) is 9.13 Å². The predicted molar refractivity (Wildman–Crippen MR) is 314 cm³/mol. The van der Waals surface area contributed by atoms with Crippen LogP contribution in [-0.4, -0.2) is 0 Å². The third-order valence-electron chi connectivity index (χ3n) is 11.8. The zero-order chi connectivity index (χ0) is 55.1. The molecule has 0 aromatic heterocycles. The lowest BCUT2D eigenvalue weighted by atomic mass is 10.1. The minimum atomic E-state index is -4.50. The largest absolute Gasteiger partial charge is 0.647 e. The zero-order valence-corrected chi connectivity index (χ0v) is 46.3. The Morgan fingerprint density at radius 3 is 0.848 bits per heavy atom. The van der Waals surface area contributed by atoms with Gasteiger partial charge in [0, 0.05) is 15.9 Å². The highest BCUT2D eigenvalue weighted by Crippen LogP contribution is 2.54. The summed E-state index contributed by atoms with van der Waals surface area (Å²) in [7, 11) is -17.2. The molecule has 9 aromatic rings. The highest BCUT2D eigenvalue weighted by Gasteiger charge is 2.39. The van der Waals surface area contributed by atoms with Gasteiger partial charge in [0.15, 0.2) is 7.14 Å². The fourth-order valence-corrected chi connectivity index (χ4v) is 15.2. The van der Waals surface area contributed by atoms with Gasteiger partial charge in [0.2, 0.25) is 0 Å². The first kappa shape index (κ1) is 55.3. The van der Waals surface area contributed by atoms with Gasteiger partial charge in [-0.1, -0.05) is 127 Å². The van der Waals surface area contributed by atoms with Crippen molar-refractivity contribution in [1.82, 2.24) is 0 Å². The molecule has 0 saturated heterocycles. The molecule has 1 atom stereocenters. The first-order valence-electron chi connectivity index (χ1n) is 24.9. The minimum Gasteiger partial charge on any atom is -0.413 e. The Balaban J connectivity index is 1.18. The van der Waals surface area contributed by atoms with Gasteiger partial charge < -0.3 is 40.8 Å². The quantitative estimate of drug-likeness (QED) is 0.0376. The van der Waals surface area contributed by atoms with Gasteiger partial charge in [0.1, 0.15) is 46.0 Å². The molecule has 0 bridgehead atoms. The van der Waals surface area contributed by atoms with Crippen molar-refractivity contribution in [3.05, 3.63) is 291 Å². The molecular formula is C63H54O12P4. The van der Waals surface area contributed by atoms with Crippen LogP contribution in [0, 0.1) is 0 Å². The lowest BCUT2D eigenvalue weighted by Gasteiger charge is -2.26. The molecule has 0 saturated carbocycles. The van der Waals surface area contributed by atoms with Crippen molar-refractivity contribution in [2.45, 2.75) is 19.3 Å². The van der Waals surface area contributed by atoms with Crippen LogP contribution in [0.5, 0.6) is 46.0 Å². The van der Waals surface area contributed by atoms with E-state index in [-0.39, 0.29) is 59.5 Å². The average Bonchev–Trinajstić information content (AvgIpc) is 3.62. The van der Waals surface area contributed by atoms with E-state index >= 15 is 9.13 Å². The van der Waals surface area contributed by atoms with E-state index in [2.05, 4.69) is 19.7 Å². The molecule has 398 valence electrons. The van der Waals surface area contributed by atoms with Gasteiger partial charge in [-0.25, -0.2) is 4.57 Å². The topological polar surface area (TPSA) is 142 Å². The van der Waals surface area contributed by atoms with Crippen LogP contribution in [0.2, 0.25) is 0 Å². The molecule has 0 aliphatic heterocycles. The van der Waals surface area contributed by atoms with Crippen LogP contribution < -0.4 is 57.4 Å². The summed E-state index contributed by atoms with van der Waals surface area (Å²) < 4.78 is 111. The summed E-state index contributed by atoms with van der Waals surface area (Å²) in [4.78, 5) is 0. The molecule has 0 N–H and O–H groups in total. The molecule has 12 nitrogen and oxygen atoms in total. The molecule has 1 unspecified atom stereocenters. The van der Waals surface area contributed by atoms with Gasteiger partial charge in [0.05, 0.1) is 5.30 Å². The number of allylic oxidation sites excluding steroid dienone is 3. The lowest BCUT2D eigenvalue weighted by Crippen LogP contribution is -2.26. The highest BCUT2D eigenvalue weighted by molar-refractivity contribution is 7.85. The summed E-state index contributed by atoms with van der Waals surface area (Å²) in [6, 6.07) is 66.2. The summed E-state index contributed by atoms with van der Waals surface area (Å²) in [6.45, 7) is 12.0. The second-order valence-electron chi connectivity index (χ2n) is 17.5. The molecule has 0 amide bonds. The summed E-state index contributed by atoms with van der Waals surface area (Å²) in [5.41, 5.74) is 1.38. The second kappa shape index (κ2) is 25.3. The minimum absolute atomic E-state index is 0.111. The van der Waals surface area contributed by atoms with E-state index in [4.69, 9.17) is 36.2 Å². The summed E-state index contributed by atoms with van der Waals surface area (Å²) in [5, 5.41) is 1.29. The third kappa shape index (κ3) is 13.8. The maximum absolute atomic E-state index is 17.0. The molecule has 79 heavy (non-hydrogen) atoms. The monoisotopic (exact) mass is 1130 g/mol. The van der Waals surface area contributed by atoms with Crippen molar-refractivity contribution < 1.29 is 54.5 Å². The Morgan fingerprint density at radius 1 is 0.291 bits per heavy atom. The number of para-hydroxylation sites is 5. The van der Waals surface area contributed by atoms with Crippen molar-refractivity contribution >= 4 is 51.6 Å². The van der Waals surface area contributed by atoms with Crippen LogP contribution in [0.25, 0.3) is 0 Å². The van der Waals surface area contributed by atoms with Crippen molar-refractivity contribution in [1.29, 1.82) is 0 Å². The number of hydrogen-bond donors (Lipinski definition) is 0. The van der Waals surface area contributed by atoms with Crippen LogP contribution in [0.15, 0.2) is 275 Å². The molecule has 0 aliphatic carbocycles. The molecule has 0 radical (unpaired) electrons. The van der Waals surface area contributed by atoms with E-state index < -0.39 is 30.4 Å². The van der Waals surface area contributed by atoms with Gasteiger partial charge in [-0.05, 0) is 163 Å². The van der Waals surface area contributed by atoms with Crippen molar-refractivity contribution in [3.8, 4) is 46.0 Å². The summed E-state index contributed by atoms with van der Waals surface area (Å²) in [5.74, 6) is 1.70. The third-order valence-corrected chi connectivity index (χ3v) is 19.3. The average molecular weight is 1130 g/mol. The molecular weight excluding hydrogens is 1070 g/mol. The molecule has 0 fully saturated rings. The van der Waals surface area contributed by atoms with Crippen LogP contribution in [0.3, 0.4) is 0 Å². The van der Waals surface area contributed by atoms with Crippen LogP contribution in [-0.2, 0) is 37.5 Å². The Bertz CT molecular complexity index is 3480. The number of hydrogen-bond acceptors (Lipinski definition) is 12. The first-order valence-corrected chi connectivity index (χ1v) is 31.1. The predicted octanol–water partition coefficient (Wildman–Crippen LogP) is 15.8. The van der Waals surface area contributed by atoms with Crippen LogP contribution in [0.4, 0.5) is 0 Å². The summed E-state index contributed by atoms with van der Waals surface area (Å²) >= 11 is 0. The molecule has 0 aliphatic rings. The second-order valence-corrected chi connectivity index (χ2v) is 25.0. The van der Waals surface area contributed by atoms with E-state index in [0.29, 0.717) is 43.7 Å². The van der Waals surface area contributed by atoms with Crippen LogP contribution in [0.1, 0.15) is 16.7 Å². The SMILES string of the molecule is C=CCc1cc(P(=O)(c2ccc(OP(=O)(Oc3ccccc3)Oc3ccccc3)c(CC=C)c2)c2ccc(OP(=O)(Oc3ccccc3)c3ccccc3)c(CC=C)c2)ccc1OP(=O)(Oc1ccccc1)Oc1ccccc1. The van der Waals surface area contributed by atoms with Crippen LogP contribution >= 0.6 is 30.4 Å². The van der Waals surface area contributed by atoms with Crippen molar-refractivity contribution in [3.63, 3.8) is 0 Å². The normalized spacial score (nSPS) is 12.2. The van der Waals surface area contributed by atoms with Gasteiger partial charge in [-0.3, -0.25) is 0 Å².